The average molecular weight is 395 g/mol. The van der Waals surface area contributed by atoms with Gasteiger partial charge in [0.1, 0.15) is 17.4 Å². The molecule has 0 radical (unpaired) electrons. The largest absolute Gasteiger partial charge is 0.497 e. The highest BCUT2D eigenvalue weighted by Crippen LogP contribution is 2.32. The number of alkyl halides is 3. The first-order chi connectivity index (χ1) is 12.7. The zero-order chi connectivity index (χ0) is 20.0. The van der Waals surface area contributed by atoms with Crippen LogP contribution in [0.3, 0.4) is 0 Å². The van der Waals surface area contributed by atoms with Crippen LogP contribution in [0.4, 0.5) is 13.2 Å². The van der Waals surface area contributed by atoms with Gasteiger partial charge in [0.15, 0.2) is 0 Å². The van der Waals surface area contributed by atoms with Crippen LogP contribution in [0.1, 0.15) is 16.7 Å². The van der Waals surface area contributed by atoms with Gasteiger partial charge in [-0.05, 0) is 47.5 Å². The van der Waals surface area contributed by atoms with Crippen molar-refractivity contribution in [2.45, 2.75) is 12.7 Å². The molecular weight excluding hydrogens is 381 g/mol. The Labute approximate surface area is 158 Å². The second kappa shape index (κ2) is 8.60. The Morgan fingerprint density at radius 1 is 1.30 bits per heavy atom. The number of ether oxygens (including phenoxy) is 1. The first-order valence-electron chi connectivity index (χ1n) is 7.63. The fraction of sp³-hybridized carbons (Fsp3) is 0.158. The predicted octanol–water partition coefficient (Wildman–Crippen LogP) is 4.59. The Balaban J connectivity index is 2.19. The number of amides is 1. The molecule has 0 aliphatic carbocycles. The van der Waals surface area contributed by atoms with Gasteiger partial charge in [0, 0.05) is 11.6 Å². The highest BCUT2D eigenvalue weighted by atomic mass is 35.5. The summed E-state index contributed by atoms with van der Waals surface area (Å²) in [6.45, 7) is 0.123. The van der Waals surface area contributed by atoms with Crippen molar-refractivity contribution in [1.82, 2.24) is 5.32 Å². The molecule has 2 aromatic carbocycles. The van der Waals surface area contributed by atoms with Crippen LogP contribution in [-0.2, 0) is 17.5 Å². The van der Waals surface area contributed by atoms with Crippen molar-refractivity contribution < 1.29 is 22.7 Å². The molecule has 0 fully saturated rings. The molecule has 8 heteroatoms. The molecule has 0 aromatic heterocycles. The van der Waals surface area contributed by atoms with Gasteiger partial charge in [-0.2, -0.15) is 18.4 Å². The van der Waals surface area contributed by atoms with Crippen LogP contribution in [0.2, 0.25) is 5.02 Å². The fourth-order valence-electron chi connectivity index (χ4n) is 2.23. The number of carbonyl (C=O) groups is 1. The van der Waals surface area contributed by atoms with Crippen LogP contribution in [0.5, 0.6) is 5.75 Å². The van der Waals surface area contributed by atoms with Gasteiger partial charge >= 0.3 is 6.18 Å². The van der Waals surface area contributed by atoms with Crippen molar-refractivity contribution >= 4 is 23.6 Å². The summed E-state index contributed by atoms with van der Waals surface area (Å²) in [4.78, 5) is 12.2. The maximum Gasteiger partial charge on any atom is 0.416 e. The third kappa shape index (κ3) is 5.76. The molecule has 0 saturated heterocycles. The third-order valence-corrected chi connectivity index (χ3v) is 3.73. The molecule has 1 amide bonds. The number of methoxy groups -OCH3 is 1. The van der Waals surface area contributed by atoms with Crippen LogP contribution in [0, 0.1) is 11.3 Å². The van der Waals surface area contributed by atoms with Crippen LogP contribution < -0.4 is 10.1 Å². The molecule has 0 spiro atoms. The lowest BCUT2D eigenvalue weighted by Gasteiger charge is -2.09. The predicted molar refractivity (Wildman–Crippen MR) is 94.9 cm³/mol. The number of hydrogen-bond donors (Lipinski definition) is 1. The number of rotatable bonds is 5. The first-order valence-corrected chi connectivity index (χ1v) is 8.01. The van der Waals surface area contributed by atoms with E-state index in [0.717, 1.165) is 23.8 Å². The van der Waals surface area contributed by atoms with E-state index in [1.807, 2.05) is 0 Å². The van der Waals surface area contributed by atoms with E-state index in [4.69, 9.17) is 16.3 Å². The molecule has 27 heavy (non-hydrogen) atoms. The summed E-state index contributed by atoms with van der Waals surface area (Å²) in [5, 5.41) is 11.6. The zero-order valence-corrected chi connectivity index (χ0v) is 14.9. The second-order valence-electron chi connectivity index (χ2n) is 5.48. The quantitative estimate of drug-likeness (QED) is 0.596. The Kier molecular flexibility index (Phi) is 6.48. The topological polar surface area (TPSA) is 62.1 Å². The summed E-state index contributed by atoms with van der Waals surface area (Å²) < 4.78 is 43.7. The maximum atomic E-state index is 12.9. The number of halogens is 4. The fourth-order valence-corrected chi connectivity index (χ4v) is 2.48. The summed E-state index contributed by atoms with van der Waals surface area (Å²) in [6.07, 6.45) is -3.53. The van der Waals surface area contributed by atoms with E-state index in [2.05, 4.69) is 5.32 Å². The lowest BCUT2D eigenvalue weighted by molar-refractivity contribution is -0.137. The van der Waals surface area contributed by atoms with Crippen molar-refractivity contribution in [2.75, 3.05) is 7.11 Å². The van der Waals surface area contributed by atoms with Gasteiger partial charge in [0.2, 0.25) is 0 Å². The standard InChI is InChI=1S/C19H14ClF3N2O2/c1-27-17-4-2-3-12(8-17)11-25-18(26)14(10-24)5-13-6-15(19(21,22)23)9-16(20)7-13/h2-9H,11H2,1H3,(H,25,26). The molecule has 0 bridgehead atoms. The molecule has 4 nitrogen and oxygen atoms in total. The highest BCUT2D eigenvalue weighted by molar-refractivity contribution is 6.30. The van der Waals surface area contributed by atoms with E-state index in [1.165, 1.54) is 13.2 Å². The lowest BCUT2D eigenvalue weighted by atomic mass is 10.1. The van der Waals surface area contributed by atoms with E-state index >= 15 is 0 Å². The summed E-state index contributed by atoms with van der Waals surface area (Å²) in [7, 11) is 1.51. The van der Waals surface area contributed by atoms with Gasteiger partial charge in [-0.1, -0.05) is 23.7 Å². The van der Waals surface area contributed by atoms with Crippen molar-refractivity contribution in [1.29, 1.82) is 5.26 Å². The maximum absolute atomic E-state index is 12.9. The van der Waals surface area contributed by atoms with Gasteiger partial charge in [0.05, 0.1) is 12.7 Å². The molecule has 0 atom stereocenters. The Hall–Kier alpha value is -2.98. The van der Waals surface area contributed by atoms with E-state index < -0.39 is 17.6 Å². The number of nitrogens with zero attached hydrogens (tertiary/aromatic N) is 1. The van der Waals surface area contributed by atoms with Crippen molar-refractivity contribution in [2.24, 2.45) is 0 Å². The summed E-state index contributed by atoms with van der Waals surface area (Å²) >= 11 is 5.71. The van der Waals surface area contributed by atoms with Crippen molar-refractivity contribution in [3.8, 4) is 11.8 Å². The molecular formula is C19H14ClF3N2O2. The summed E-state index contributed by atoms with van der Waals surface area (Å²) in [6, 6.07) is 11.5. The number of nitriles is 1. The molecule has 2 aromatic rings. The molecule has 1 N–H and O–H groups in total. The van der Waals surface area contributed by atoms with E-state index in [9.17, 15) is 23.2 Å². The van der Waals surface area contributed by atoms with Crippen LogP contribution in [0.25, 0.3) is 6.08 Å². The molecule has 0 heterocycles. The zero-order valence-electron chi connectivity index (χ0n) is 14.1. The summed E-state index contributed by atoms with van der Waals surface area (Å²) in [5.74, 6) is -0.106. The molecule has 0 aliphatic heterocycles. The normalized spacial score (nSPS) is 11.6. The lowest BCUT2D eigenvalue weighted by Crippen LogP contribution is -2.24. The molecule has 2 rings (SSSR count). The van der Waals surface area contributed by atoms with Crippen LogP contribution >= 0.6 is 11.6 Å². The van der Waals surface area contributed by atoms with E-state index in [0.29, 0.717) is 5.75 Å². The van der Waals surface area contributed by atoms with E-state index in [1.54, 1.807) is 30.3 Å². The summed E-state index contributed by atoms with van der Waals surface area (Å²) in [5.41, 5.74) is -0.561. The number of carbonyl (C=O) groups excluding carboxylic acids is 1. The minimum atomic E-state index is -4.59. The van der Waals surface area contributed by atoms with Crippen LogP contribution in [0.15, 0.2) is 48.0 Å². The second-order valence-corrected chi connectivity index (χ2v) is 5.91. The van der Waals surface area contributed by atoms with Gasteiger partial charge < -0.3 is 10.1 Å². The van der Waals surface area contributed by atoms with Crippen molar-refractivity contribution in [3.63, 3.8) is 0 Å². The Morgan fingerprint density at radius 2 is 2.04 bits per heavy atom. The van der Waals surface area contributed by atoms with Crippen LogP contribution in [-0.4, -0.2) is 13.0 Å². The Morgan fingerprint density at radius 3 is 2.67 bits per heavy atom. The first kappa shape index (κ1) is 20.3. The number of hydrogen-bond acceptors (Lipinski definition) is 3. The molecule has 0 unspecified atom stereocenters. The third-order valence-electron chi connectivity index (χ3n) is 3.51. The van der Waals surface area contributed by atoms with Gasteiger partial charge in [0.25, 0.3) is 5.91 Å². The molecule has 0 saturated carbocycles. The van der Waals surface area contributed by atoms with Crippen molar-refractivity contribution in [3.05, 3.63) is 69.8 Å². The minimum absolute atomic E-state index is 0.00269. The monoisotopic (exact) mass is 394 g/mol. The minimum Gasteiger partial charge on any atom is -0.497 e. The smallest absolute Gasteiger partial charge is 0.416 e. The van der Waals surface area contributed by atoms with E-state index in [-0.39, 0.29) is 22.7 Å². The SMILES string of the molecule is COc1cccc(CNC(=O)C(C#N)=Cc2cc(Cl)cc(C(F)(F)F)c2)c1. The average Bonchev–Trinajstić information content (AvgIpc) is 2.63. The van der Waals surface area contributed by atoms with Gasteiger partial charge in [-0.25, -0.2) is 0 Å². The number of benzene rings is 2. The number of nitrogens with one attached hydrogen (secondary N) is 1. The Bertz CT molecular complexity index is 918. The van der Waals surface area contributed by atoms with Gasteiger partial charge in [-0.15, -0.1) is 0 Å². The highest BCUT2D eigenvalue weighted by Gasteiger charge is 2.31. The molecule has 140 valence electrons. The van der Waals surface area contributed by atoms with Gasteiger partial charge in [-0.3, -0.25) is 4.79 Å². The molecule has 0 aliphatic rings.